The topological polar surface area (TPSA) is 117 Å². The predicted octanol–water partition coefficient (Wildman–Crippen LogP) is 3.23. The summed E-state index contributed by atoms with van der Waals surface area (Å²) in [6, 6.07) is 10.1. The second-order valence-corrected chi connectivity index (χ2v) is 6.80. The summed E-state index contributed by atoms with van der Waals surface area (Å²) < 4.78 is 17.1. The Bertz CT molecular complexity index is 984. The lowest BCUT2D eigenvalue weighted by molar-refractivity contribution is -0.385. The second-order valence-electron chi connectivity index (χ2n) is 6.80. The second kappa shape index (κ2) is 8.47. The molecule has 1 saturated heterocycles. The number of ether oxygens (including phenoxy) is 3. The third-order valence-corrected chi connectivity index (χ3v) is 4.99. The van der Waals surface area contributed by atoms with Crippen LogP contribution in [0.4, 0.5) is 11.4 Å². The first-order valence-electron chi connectivity index (χ1n) is 9.38. The van der Waals surface area contributed by atoms with E-state index in [-0.39, 0.29) is 24.0 Å². The van der Waals surface area contributed by atoms with E-state index in [1.807, 2.05) is 0 Å². The molecule has 4 rings (SSSR count). The number of nitro groups is 2. The first-order valence-corrected chi connectivity index (χ1v) is 9.38. The van der Waals surface area contributed by atoms with Crippen LogP contribution in [0.5, 0.6) is 11.5 Å². The number of fused-ring (bicyclic) bond motifs is 1. The summed E-state index contributed by atoms with van der Waals surface area (Å²) in [7, 11) is 0. The largest absolute Gasteiger partial charge is 0.489 e. The standard InChI is InChI=1S/C20H19N3O7/c24-22(25)14-1-4-16(5-2-14)29-10-7-19-20(21-8-11-28-12-9-21)17-13-15(23(26)27)3-6-18(17)30-19/h1-7,13,20H,8-12H2/b19-7+. The van der Waals surface area contributed by atoms with Gasteiger partial charge in [-0.05, 0) is 24.3 Å². The fourth-order valence-electron chi connectivity index (χ4n) is 3.54. The van der Waals surface area contributed by atoms with Crippen molar-refractivity contribution in [2.75, 3.05) is 32.9 Å². The van der Waals surface area contributed by atoms with Gasteiger partial charge in [0.15, 0.2) is 0 Å². The van der Waals surface area contributed by atoms with Crippen LogP contribution in [0, 0.1) is 20.2 Å². The van der Waals surface area contributed by atoms with Gasteiger partial charge < -0.3 is 14.2 Å². The molecule has 10 nitrogen and oxygen atoms in total. The van der Waals surface area contributed by atoms with Crippen LogP contribution < -0.4 is 9.47 Å². The zero-order chi connectivity index (χ0) is 21.1. The Morgan fingerprint density at radius 1 is 1.03 bits per heavy atom. The lowest BCUT2D eigenvalue weighted by Crippen LogP contribution is -2.39. The molecule has 0 amide bonds. The Balaban J connectivity index is 1.54. The third-order valence-electron chi connectivity index (χ3n) is 4.99. The predicted molar refractivity (Wildman–Crippen MR) is 106 cm³/mol. The summed E-state index contributed by atoms with van der Waals surface area (Å²) in [5.74, 6) is 1.71. The van der Waals surface area contributed by atoms with Crippen LogP contribution in [0.2, 0.25) is 0 Å². The monoisotopic (exact) mass is 413 g/mol. The number of morpholine rings is 1. The molecule has 2 aromatic carbocycles. The summed E-state index contributed by atoms with van der Waals surface area (Å²) in [5.41, 5.74) is 0.746. The van der Waals surface area contributed by atoms with Gasteiger partial charge in [-0.1, -0.05) is 0 Å². The molecule has 2 aromatic rings. The summed E-state index contributed by atoms with van der Waals surface area (Å²) in [6.45, 7) is 2.69. The van der Waals surface area contributed by atoms with Gasteiger partial charge in [0.25, 0.3) is 11.4 Å². The van der Waals surface area contributed by atoms with Gasteiger partial charge in [0.1, 0.15) is 23.9 Å². The van der Waals surface area contributed by atoms with Gasteiger partial charge in [-0.3, -0.25) is 25.1 Å². The number of nitro benzene ring substituents is 2. The summed E-state index contributed by atoms with van der Waals surface area (Å²) >= 11 is 0. The molecule has 1 atom stereocenters. The van der Waals surface area contributed by atoms with Gasteiger partial charge in [-0.25, -0.2) is 0 Å². The van der Waals surface area contributed by atoms with Crippen LogP contribution in [0.25, 0.3) is 0 Å². The Morgan fingerprint density at radius 2 is 1.70 bits per heavy atom. The van der Waals surface area contributed by atoms with E-state index >= 15 is 0 Å². The number of benzene rings is 2. The smallest absolute Gasteiger partial charge is 0.270 e. The van der Waals surface area contributed by atoms with Crippen molar-refractivity contribution in [3.63, 3.8) is 0 Å². The quantitative estimate of drug-likeness (QED) is 0.523. The van der Waals surface area contributed by atoms with E-state index < -0.39 is 9.85 Å². The minimum atomic E-state index is -0.471. The zero-order valence-electron chi connectivity index (χ0n) is 15.9. The highest BCUT2D eigenvalue weighted by atomic mass is 16.6. The van der Waals surface area contributed by atoms with E-state index in [0.717, 1.165) is 5.56 Å². The van der Waals surface area contributed by atoms with E-state index in [1.54, 1.807) is 18.2 Å². The maximum absolute atomic E-state index is 11.2. The van der Waals surface area contributed by atoms with Crippen LogP contribution >= 0.6 is 0 Å². The highest BCUT2D eigenvalue weighted by molar-refractivity contribution is 5.52. The normalized spacial score (nSPS) is 19.9. The van der Waals surface area contributed by atoms with Crippen molar-refractivity contribution in [3.05, 3.63) is 80.1 Å². The first-order chi connectivity index (χ1) is 14.5. The lowest BCUT2D eigenvalue weighted by Gasteiger charge is -2.32. The van der Waals surface area contributed by atoms with Crippen LogP contribution in [0.1, 0.15) is 11.6 Å². The number of hydrogen-bond acceptors (Lipinski definition) is 8. The molecule has 1 fully saturated rings. The minimum Gasteiger partial charge on any atom is -0.489 e. The van der Waals surface area contributed by atoms with Crippen molar-refractivity contribution in [2.45, 2.75) is 6.04 Å². The van der Waals surface area contributed by atoms with E-state index in [2.05, 4.69) is 4.90 Å². The van der Waals surface area contributed by atoms with E-state index in [0.29, 0.717) is 43.6 Å². The van der Waals surface area contributed by atoms with Crippen LogP contribution in [0.3, 0.4) is 0 Å². The first kappa shape index (κ1) is 19.8. The van der Waals surface area contributed by atoms with Crippen LogP contribution in [-0.2, 0) is 4.74 Å². The SMILES string of the molecule is O=[N+]([O-])c1ccc(OC/C=C2/Oc3ccc([N+](=O)[O-])cc3C2N2CCOCC2)cc1. The Morgan fingerprint density at radius 3 is 2.37 bits per heavy atom. The average Bonchev–Trinajstić information content (AvgIpc) is 3.12. The molecule has 2 heterocycles. The Hall–Kier alpha value is -3.50. The lowest BCUT2D eigenvalue weighted by atomic mass is 10.0. The molecule has 30 heavy (non-hydrogen) atoms. The van der Waals surface area contributed by atoms with Crippen molar-refractivity contribution in [3.8, 4) is 11.5 Å². The molecular formula is C20H19N3O7. The van der Waals surface area contributed by atoms with Gasteiger partial charge in [0.2, 0.25) is 0 Å². The van der Waals surface area contributed by atoms with Crippen molar-refractivity contribution in [1.29, 1.82) is 0 Å². The molecule has 0 saturated carbocycles. The van der Waals surface area contributed by atoms with Gasteiger partial charge in [-0.2, -0.15) is 0 Å². The molecule has 10 heteroatoms. The van der Waals surface area contributed by atoms with E-state index in [4.69, 9.17) is 14.2 Å². The van der Waals surface area contributed by atoms with E-state index in [9.17, 15) is 20.2 Å². The molecule has 0 aliphatic carbocycles. The van der Waals surface area contributed by atoms with Gasteiger partial charge in [0, 0.05) is 42.9 Å². The van der Waals surface area contributed by atoms with Crippen LogP contribution in [0.15, 0.2) is 54.3 Å². The maximum atomic E-state index is 11.2. The van der Waals surface area contributed by atoms with Crippen molar-refractivity contribution in [2.24, 2.45) is 0 Å². The molecule has 156 valence electrons. The molecule has 0 spiro atoms. The van der Waals surface area contributed by atoms with Crippen LogP contribution in [-0.4, -0.2) is 47.7 Å². The highest BCUT2D eigenvalue weighted by Crippen LogP contribution is 2.44. The van der Waals surface area contributed by atoms with Gasteiger partial charge in [0.05, 0.1) is 29.1 Å². The minimum absolute atomic E-state index is 0.00995. The number of hydrogen-bond donors (Lipinski definition) is 0. The molecule has 0 radical (unpaired) electrons. The Labute approximate surface area is 171 Å². The summed E-state index contributed by atoms with van der Waals surface area (Å²) in [5, 5.41) is 22.0. The molecule has 2 aliphatic heterocycles. The molecule has 0 aromatic heterocycles. The maximum Gasteiger partial charge on any atom is 0.270 e. The summed E-state index contributed by atoms with van der Waals surface area (Å²) in [4.78, 5) is 23.2. The third kappa shape index (κ3) is 4.09. The van der Waals surface area contributed by atoms with Crippen molar-refractivity contribution in [1.82, 2.24) is 4.90 Å². The fourth-order valence-corrected chi connectivity index (χ4v) is 3.54. The fraction of sp³-hybridized carbons (Fsp3) is 0.300. The molecule has 0 bridgehead atoms. The number of nitrogens with zero attached hydrogens (tertiary/aromatic N) is 3. The molecule has 2 aliphatic rings. The highest BCUT2D eigenvalue weighted by Gasteiger charge is 2.36. The van der Waals surface area contributed by atoms with Gasteiger partial charge >= 0.3 is 0 Å². The molecule has 0 N–H and O–H groups in total. The van der Waals surface area contributed by atoms with Gasteiger partial charge in [-0.15, -0.1) is 0 Å². The Kier molecular flexibility index (Phi) is 5.59. The number of rotatable bonds is 6. The van der Waals surface area contributed by atoms with Crippen molar-refractivity contribution >= 4 is 11.4 Å². The number of non-ortho nitro benzene ring substituents is 2. The molecule has 1 unspecified atom stereocenters. The molecular weight excluding hydrogens is 394 g/mol. The zero-order valence-corrected chi connectivity index (χ0v) is 15.9. The van der Waals surface area contributed by atoms with Crippen molar-refractivity contribution < 1.29 is 24.1 Å². The van der Waals surface area contributed by atoms with E-state index in [1.165, 1.54) is 30.3 Å². The average molecular weight is 413 g/mol. The summed E-state index contributed by atoms with van der Waals surface area (Å²) in [6.07, 6.45) is 1.79.